The Bertz CT molecular complexity index is 1630. The fourth-order valence-corrected chi connectivity index (χ4v) is 4.65. The minimum Gasteiger partial charge on any atom is -0.406 e. The van der Waals surface area contributed by atoms with Crippen molar-refractivity contribution < 1.29 is 27.5 Å². The van der Waals surface area contributed by atoms with Crippen molar-refractivity contribution in [3.63, 3.8) is 0 Å². The number of rotatable bonds is 8. The first-order chi connectivity index (χ1) is 20.6. The van der Waals surface area contributed by atoms with Gasteiger partial charge in [0.2, 0.25) is 5.96 Å². The second-order valence-electron chi connectivity index (χ2n) is 9.81. The standard InChI is InChI=1S/C30H28F3N7O3/c1-3-21-6-4-5-7-25(21)40-26(41)17-34-28(40)37-29(42)36-19(2)16-20-8-10-22(11-9-20)27-35-18-39(38-27)23-12-14-24(15-13-23)43-30(31,32)33/h4-15,18-19H,3,16-17H2,1-2H3,(H2,34,36,37,42). The average molecular weight is 592 g/mol. The monoisotopic (exact) mass is 591 g/mol. The van der Waals surface area contributed by atoms with Crippen molar-refractivity contribution in [2.45, 2.75) is 39.1 Å². The van der Waals surface area contributed by atoms with E-state index >= 15 is 0 Å². The number of amides is 3. The summed E-state index contributed by atoms with van der Waals surface area (Å²) in [6.45, 7) is 3.83. The van der Waals surface area contributed by atoms with Gasteiger partial charge in [0.25, 0.3) is 5.91 Å². The molecular formula is C30H28F3N7O3. The van der Waals surface area contributed by atoms with Gasteiger partial charge in [-0.15, -0.1) is 18.3 Å². The van der Waals surface area contributed by atoms with Gasteiger partial charge < -0.3 is 10.1 Å². The maximum atomic E-state index is 12.8. The summed E-state index contributed by atoms with van der Waals surface area (Å²) in [5, 5.41) is 10.0. The zero-order valence-corrected chi connectivity index (χ0v) is 23.3. The molecule has 3 aromatic carbocycles. The van der Waals surface area contributed by atoms with Crippen LogP contribution < -0.4 is 20.3 Å². The van der Waals surface area contributed by atoms with Crippen LogP contribution in [0.1, 0.15) is 25.0 Å². The molecule has 1 aliphatic heterocycles. The van der Waals surface area contributed by atoms with Crippen LogP contribution in [-0.4, -0.2) is 51.6 Å². The first-order valence-corrected chi connectivity index (χ1v) is 13.5. The van der Waals surface area contributed by atoms with E-state index in [1.54, 1.807) is 0 Å². The third kappa shape index (κ3) is 7.18. The van der Waals surface area contributed by atoms with Crippen molar-refractivity contribution in [3.05, 3.63) is 90.3 Å². The van der Waals surface area contributed by atoms with Gasteiger partial charge in [-0.2, -0.15) is 0 Å². The van der Waals surface area contributed by atoms with E-state index in [0.29, 0.717) is 23.6 Å². The number of para-hydroxylation sites is 1. The van der Waals surface area contributed by atoms with E-state index in [1.165, 1.54) is 40.2 Å². The van der Waals surface area contributed by atoms with E-state index < -0.39 is 12.4 Å². The minimum atomic E-state index is -4.76. The molecule has 0 saturated heterocycles. The smallest absolute Gasteiger partial charge is 0.406 e. The van der Waals surface area contributed by atoms with Crippen LogP contribution in [0.4, 0.5) is 23.7 Å². The number of carbonyl (C=O) groups excluding carboxylic acids is 2. The largest absolute Gasteiger partial charge is 0.573 e. The molecule has 5 rings (SSSR count). The van der Waals surface area contributed by atoms with Gasteiger partial charge in [0, 0.05) is 11.6 Å². The lowest BCUT2D eigenvalue weighted by Crippen LogP contribution is -2.50. The molecule has 1 aliphatic rings. The van der Waals surface area contributed by atoms with Gasteiger partial charge >= 0.3 is 12.4 Å². The average Bonchev–Trinajstić information content (AvgIpc) is 3.60. The summed E-state index contributed by atoms with van der Waals surface area (Å²) in [5.74, 6) is 0.0962. The van der Waals surface area contributed by atoms with Gasteiger partial charge in [-0.1, -0.05) is 49.4 Å². The van der Waals surface area contributed by atoms with Gasteiger partial charge in [-0.25, -0.2) is 24.4 Å². The summed E-state index contributed by atoms with van der Waals surface area (Å²) in [7, 11) is 0. The Balaban J connectivity index is 1.16. The Morgan fingerprint density at radius 1 is 1.05 bits per heavy atom. The molecule has 3 amide bonds. The van der Waals surface area contributed by atoms with E-state index in [1.807, 2.05) is 62.4 Å². The minimum absolute atomic E-state index is 0.0359. The van der Waals surface area contributed by atoms with E-state index in [2.05, 4.69) is 30.4 Å². The normalized spacial score (nSPS) is 13.9. The number of carbonyl (C=O) groups is 2. The highest BCUT2D eigenvalue weighted by Crippen LogP contribution is 2.25. The highest BCUT2D eigenvalue weighted by molar-refractivity contribution is 6.23. The Kier molecular flexibility index (Phi) is 8.41. The number of halogens is 3. The second kappa shape index (κ2) is 12.3. The SMILES string of the molecule is CCc1ccccc1N1C(=O)CN=C1NC(=O)NC(C)Cc1ccc(-c2ncn(-c3ccc(OC(F)(F)F)cc3)n2)cc1. The van der Waals surface area contributed by atoms with Crippen molar-refractivity contribution in [1.82, 2.24) is 25.4 Å². The molecule has 43 heavy (non-hydrogen) atoms. The lowest BCUT2D eigenvalue weighted by atomic mass is 10.1. The molecule has 0 bridgehead atoms. The summed E-state index contributed by atoms with van der Waals surface area (Å²) in [6, 6.07) is 19.6. The second-order valence-corrected chi connectivity index (χ2v) is 9.81. The van der Waals surface area contributed by atoms with E-state index in [0.717, 1.165) is 23.1 Å². The lowest BCUT2D eigenvalue weighted by molar-refractivity contribution is -0.274. The van der Waals surface area contributed by atoms with Gasteiger partial charge in [0.1, 0.15) is 18.6 Å². The number of guanidine groups is 1. The number of alkyl halides is 3. The van der Waals surface area contributed by atoms with E-state index in [9.17, 15) is 22.8 Å². The van der Waals surface area contributed by atoms with Crippen LogP contribution in [0.3, 0.4) is 0 Å². The molecule has 1 atom stereocenters. The molecule has 13 heteroatoms. The molecule has 2 N–H and O–H groups in total. The molecule has 0 spiro atoms. The number of urea groups is 1. The molecule has 1 unspecified atom stereocenters. The van der Waals surface area contributed by atoms with Crippen LogP contribution in [0.15, 0.2) is 84.1 Å². The number of hydrogen-bond donors (Lipinski definition) is 2. The Hall–Kier alpha value is -5.20. The van der Waals surface area contributed by atoms with Crippen LogP contribution in [0.5, 0.6) is 5.75 Å². The van der Waals surface area contributed by atoms with Crippen molar-refractivity contribution in [2.24, 2.45) is 4.99 Å². The fourth-order valence-electron chi connectivity index (χ4n) is 4.65. The van der Waals surface area contributed by atoms with Crippen LogP contribution in [0, 0.1) is 0 Å². The number of benzene rings is 3. The van der Waals surface area contributed by atoms with Crippen LogP contribution in [0.25, 0.3) is 17.1 Å². The molecule has 0 fully saturated rings. The molecule has 2 heterocycles. The van der Waals surface area contributed by atoms with Gasteiger partial charge in [-0.3, -0.25) is 10.1 Å². The third-order valence-electron chi connectivity index (χ3n) is 6.62. The molecule has 4 aromatic rings. The summed E-state index contributed by atoms with van der Waals surface area (Å²) in [5.41, 5.74) is 3.90. The number of aryl methyl sites for hydroxylation is 1. The first kappa shape index (κ1) is 29.3. The predicted molar refractivity (Wildman–Crippen MR) is 154 cm³/mol. The quantitative estimate of drug-likeness (QED) is 0.299. The Morgan fingerprint density at radius 3 is 2.47 bits per heavy atom. The number of nitrogens with one attached hydrogen (secondary N) is 2. The topological polar surface area (TPSA) is 114 Å². The number of aromatic nitrogens is 3. The number of anilines is 1. The van der Waals surface area contributed by atoms with Crippen molar-refractivity contribution in [3.8, 4) is 22.8 Å². The summed E-state index contributed by atoms with van der Waals surface area (Å²) >= 11 is 0. The predicted octanol–water partition coefficient (Wildman–Crippen LogP) is 5.03. The molecule has 0 aliphatic carbocycles. The zero-order chi connectivity index (χ0) is 30.6. The van der Waals surface area contributed by atoms with Crippen molar-refractivity contribution >= 4 is 23.6 Å². The van der Waals surface area contributed by atoms with E-state index in [-0.39, 0.29) is 30.2 Å². The molecular weight excluding hydrogens is 563 g/mol. The van der Waals surface area contributed by atoms with Gasteiger partial charge in [0.15, 0.2) is 5.82 Å². The first-order valence-electron chi connectivity index (χ1n) is 13.5. The summed E-state index contributed by atoms with van der Waals surface area (Å²) in [6.07, 6.45) is -2.03. The van der Waals surface area contributed by atoms with Crippen LogP contribution in [-0.2, 0) is 17.6 Å². The highest BCUT2D eigenvalue weighted by atomic mass is 19.4. The third-order valence-corrected chi connectivity index (χ3v) is 6.62. The maximum Gasteiger partial charge on any atom is 0.573 e. The number of hydrogen-bond acceptors (Lipinski definition) is 6. The van der Waals surface area contributed by atoms with Crippen molar-refractivity contribution in [1.29, 1.82) is 0 Å². The fraction of sp³-hybridized carbons (Fsp3) is 0.233. The zero-order valence-electron chi connectivity index (χ0n) is 23.3. The number of nitrogens with zero attached hydrogens (tertiary/aromatic N) is 5. The Labute approximate surface area is 245 Å². The molecule has 0 radical (unpaired) electrons. The van der Waals surface area contributed by atoms with Crippen molar-refractivity contribution in [2.75, 3.05) is 11.4 Å². The molecule has 222 valence electrons. The molecule has 10 nitrogen and oxygen atoms in total. The van der Waals surface area contributed by atoms with Gasteiger partial charge in [0.05, 0.1) is 11.4 Å². The highest BCUT2D eigenvalue weighted by Gasteiger charge is 2.31. The van der Waals surface area contributed by atoms with Crippen LogP contribution >= 0.6 is 0 Å². The molecule has 0 saturated carbocycles. The molecule has 1 aromatic heterocycles. The number of ether oxygens (including phenoxy) is 1. The van der Waals surface area contributed by atoms with Gasteiger partial charge in [-0.05, 0) is 61.2 Å². The summed E-state index contributed by atoms with van der Waals surface area (Å²) in [4.78, 5) is 35.3. The van der Waals surface area contributed by atoms with E-state index in [4.69, 9.17) is 0 Å². The maximum absolute atomic E-state index is 12.8. The number of aliphatic imine (C=N–C) groups is 1. The Morgan fingerprint density at radius 2 is 1.77 bits per heavy atom. The summed E-state index contributed by atoms with van der Waals surface area (Å²) < 4.78 is 42.5. The lowest BCUT2D eigenvalue weighted by Gasteiger charge is -2.22. The van der Waals surface area contributed by atoms with Crippen LogP contribution in [0.2, 0.25) is 0 Å².